The fraction of sp³-hybridized carbons (Fsp3) is 0.720. The molecule has 0 aliphatic heterocycles. The van der Waals surface area contributed by atoms with Gasteiger partial charge in [0.15, 0.2) is 5.75 Å². The maximum Gasteiger partial charge on any atom is 0.294 e. The summed E-state index contributed by atoms with van der Waals surface area (Å²) in [5.41, 5.74) is 1.28. The van der Waals surface area contributed by atoms with Gasteiger partial charge in [-0.2, -0.15) is 0 Å². The highest BCUT2D eigenvalue weighted by Crippen LogP contribution is 2.66. The average molecular weight is 472 g/mol. The Balaban J connectivity index is 1.26. The van der Waals surface area contributed by atoms with Gasteiger partial charge in [-0.25, -0.2) is 0 Å². The van der Waals surface area contributed by atoms with Crippen LogP contribution in [-0.2, 0) is 4.84 Å². The van der Waals surface area contributed by atoms with Crippen molar-refractivity contribution in [2.24, 2.45) is 39.7 Å². The molecule has 0 unspecified atom stereocenters. The molecular weight excluding hydrogens is 438 g/mol. The van der Waals surface area contributed by atoms with Gasteiger partial charge in [0, 0.05) is 12.1 Å². The lowest BCUT2D eigenvalue weighted by Crippen LogP contribution is -2.54. The van der Waals surface area contributed by atoms with Crippen molar-refractivity contribution in [3.8, 4) is 5.75 Å². The first kappa shape index (κ1) is 23.1. The van der Waals surface area contributed by atoms with Crippen LogP contribution >= 0.6 is 0 Å². The summed E-state index contributed by atoms with van der Waals surface area (Å²) < 4.78 is 0. The molecule has 5 rings (SSSR count). The lowest BCUT2D eigenvalue weighted by atomic mass is 9.45. The van der Waals surface area contributed by atoms with Crippen LogP contribution in [0.4, 0.5) is 5.69 Å². The molecule has 4 aliphatic rings. The molecule has 0 aromatic heterocycles. The molecule has 4 saturated carbocycles. The topological polar surface area (TPSA) is 117 Å². The molecule has 0 saturated heterocycles. The highest BCUT2D eigenvalue weighted by molar-refractivity contribution is 5.85. The molecule has 34 heavy (non-hydrogen) atoms. The molecule has 1 aromatic carbocycles. The van der Waals surface area contributed by atoms with Crippen LogP contribution in [0.2, 0.25) is 0 Å². The largest absolute Gasteiger partial charge is 0.357 e. The summed E-state index contributed by atoms with van der Waals surface area (Å²) >= 11 is 0. The van der Waals surface area contributed by atoms with Gasteiger partial charge in [-0.15, -0.1) is 10.1 Å². The zero-order chi connectivity index (χ0) is 24.1. The smallest absolute Gasteiger partial charge is 0.294 e. The van der Waals surface area contributed by atoms with Gasteiger partial charge in [0.05, 0.1) is 10.6 Å². The molecule has 184 valence electrons. The van der Waals surface area contributed by atoms with E-state index in [0.29, 0.717) is 29.4 Å². The molecule has 0 radical (unpaired) electrons. The third kappa shape index (κ3) is 3.82. The third-order valence-corrected chi connectivity index (χ3v) is 9.95. The van der Waals surface area contributed by atoms with Crippen LogP contribution in [0.25, 0.3) is 0 Å². The van der Waals surface area contributed by atoms with E-state index in [1.165, 1.54) is 18.6 Å². The Bertz CT molecular complexity index is 997. The number of fused-ring (bicyclic) bond motifs is 5. The van der Waals surface area contributed by atoms with Gasteiger partial charge >= 0.3 is 0 Å². The van der Waals surface area contributed by atoms with Crippen LogP contribution in [0.1, 0.15) is 71.6 Å². The average Bonchev–Trinajstić information content (AvgIpc) is 3.13. The quantitative estimate of drug-likeness (QED) is 0.387. The SMILES string of the molecule is C[C@]12CC/C(=N/Oc3ccc([N+](=O)[O-])cc3)C[C@@H]1CC[C@@H]1[C@@H]2CC[C@]2(C)[C@@H](O[N+](=O)[O-])CC[C@@H]12. The molecule has 9 nitrogen and oxygen atoms in total. The van der Waals surface area contributed by atoms with Gasteiger partial charge < -0.3 is 9.68 Å². The van der Waals surface area contributed by atoms with Crippen molar-refractivity contribution in [2.75, 3.05) is 0 Å². The first-order valence-electron chi connectivity index (χ1n) is 12.5. The van der Waals surface area contributed by atoms with Crippen LogP contribution in [0.5, 0.6) is 5.75 Å². The van der Waals surface area contributed by atoms with Gasteiger partial charge in [-0.3, -0.25) is 10.1 Å². The highest BCUT2D eigenvalue weighted by Gasteiger charge is 2.60. The Hall–Kier alpha value is -2.71. The lowest BCUT2D eigenvalue weighted by molar-refractivity contribution is -0.772. The first-order chi connectivity index (χ1) is 16.2. The summed E-state index contributed by atoms with van der Waals surface area (Å²) in [6, 6.07) is 6.01. The maximum atomic E-state index is 11.0. The van der Waals surface area contributed by atoms with Crippen LogP contribution in [0.3, 0.4) is 0 Å². The fourth-order valence-corrected chi connectivity index (χ4v) is 8.12. The molecule has 0 heterocycles. The Labute approximate surface area is 199 Å². The zero-order valence-corrected chi connectivity index (χ0v) is 19.9. The molecular formula is C25H33N3O6. The van der Waals surface area contributed by atoms with Gasteiger partial charge in [-0.1, -0.05) is 19.0 Å². The van der Waals surface area contributed by atoms with Crippen molar-refractivity contribution in [1.82, 2.24) is 0 Å². The number of non-ortho nitro benzene ring substituents is 1. The second-order valence-electron chi connectivity index (χ2n) is 11.3. The van der Waals surface area contributed by atoms with E-state index in [1.807, 2.05) is 0 Å². The lowest BCUT2D eigenvalue weighted by Gasteiger charge is -2.60. The minimum absolute atomic E-state index is 0.0345. The maximum absolute atomic E-state index is 11.0. The van der Waals surface area contributed by atoms with E-state index in [4.69, 9.17) is 9.68 Å². The Kier molecular flexibility index (Phi) is 5.76. The van der Waals surface area contributed by atoms with Crippen molar-refractivity contribution in [2.45, 2.75) is 77.7 Å². The van der Waals surface area contributed by atoms with Crippen LogP contribution in [0, 0.1) is 54.7 Å². The van der Waals surface area contributed by atoms with Gasteiger partial charge in [0.25, 0.3) is 10.8 Å². The third-order valence-electron chi connectivity index (χ3n) is 9.95. The fourth-order valence-electron chi connectivity index (χ4n) is 8.12. The first-order valence-corrected chi connectivity index (χ1v) is 12.5. The monoisotopic (exact) mass is 471 g/mol. The summed E-state index contributed by atoms with van der Waals surface area (Å²) in [4.78, 5) is 32.2. The zero-order valence-electron chi connectivity index (χ0n) is 19.9. The van der Waals surface area contributed by atoms with E-state index in [9.17, 15) is 20.2 Å². The summed E-state index contributed by atoms with van der Waals surface area (Å²) in [6.45, 7) is 4.69. The Morgan fingerprint density at radius 1 is 0.941 bits per heavy atom. The predicted molar refractivity (Wildman–Crippen MR) is 125 cm³/mol. The van der Waals surface area contributed by atoms with Crippen molar-refractivity contribution < 1.29 is 19.7 Å². The molecule has 0 N–H and O–H groups in total. The van der Waals surface area contributed by atoms with Crippen molar-refractivity contribution in [3.05, 3.63) is 44.5 Å². The summed E-state index contributed by atoms with van der Waals surface area (Å²) in [5.74, 6) is 2.85. The second kappa shape index (κ2) is 8.50. The Morgan fingerprint density at radius 3 is 2.38 bits per heavy atom. The number of nitro groups is 1. The van der Waals surface area contributed by atoms with Crippen molar-refractivity contribution >= 4 is 11.4 Å². The van der Waals surface area contributed by atoms with Crippen molar-refractivity contribution in [3.63, 3.8) is 0 Å². The number of oxime groups is 1. The molecule has 7 atom stereocenters. The van der Waals surface area contributed by atoms with Gasteiger partial charge in [0.1, 0.15) is 6.10 Å². The van der Waals surface area contributed by atoms with E-state index in [0.717, 1.165) is 57.1 Å². The highest BCUT2D eigenvalue weighted by atomic mass is 17.0. The molecule has 0 amide bonds. The molecule has 4 aliphatic carbocycles. The summed E-state index contributed by atoms with van der Waals surface area (Å²) in [7, 11) is 0. The molecule has 4 fully saturated rings. The number of rotatable bonds is 5. The molecule has 0 spiro atoms. The normalized spacial score (nSPS) is 40.1. The van der Waals surface area contributed by atoms with Crippen LogP contribution < -0.4 is 4.84 Å². The number of hydrogen-bond donors (Lipinski definition) is 0. The minimum atomic E-state index is -0.594. The molecule has 0 bridgehead atoms. The van der Waals surface area contributed by atoms with E-state index in [1.54, 1.807) is 12.1 Å². The number of hydrogen-bond acceptors (Lipinski definition) is 7. The van der Waals surface area contributed by atoms with Crippen LogP contribution in [0.15, 0.2) is 29.4 Å². The second-order valence-corrected chi connectivity index (χ2v) is 11.3. The van der Waals surface area contributed by atoms with E-state index < -0.39 is 10.0 Å². The minimum Gasteiger partial charge on any atom is -0.357 e. The van der Waals surface area contributed by atoms with E-state index in [-0.39, 0.29) is 22.6 Å². The summed E-state index contributed by atoms with van der Waals surface area (Å²) in [6.07, 6.45) is 8.93. The standard InChI is InChI=1S/C25H33N3O6/c1-24-13-11-17(26-33-19-6-4-18(5-7-19)27(29)30)15-16(24)3-8-20-21-9-10-23(34-28(31)32)25(21,2)14-12-22(20)24/h4-7,16,20-23H,3,8-15H2,1-2H3/b26-17-/t16-,20-,21-,22-,23-,24-,25-/m0/s1. The number of nitrogens with zero attached hydrogens (tertiary/aromatic N) is 3. The summed E-state index contributed by atoms with van der Waals surface area (Å²) in [5, 5.41) is 25.7. The van der Waals surface area contributed by atoms with Gasteiger partial charge in [-0.05, 0) is 104 Å². The number of nitro benzene ring substituents is 1. The van der Waals surface area contributed by atoms with E-state index >= 15 is 0 Å². The van der Waals surface area contributed by atoms with Gasteiger partial charge in [0.2, 0.25) is 0 Å². The van der Waals surface area contributed by atoms with E-state index in [2.05, 4.69) is 19.0 Å². The number of benzene rings is 1. The predicted octanol–water partition coefficient (Wildman–Crippen LogP) is 5.95. The molecule has 9 heteroatoms. The Morgan fingerprint density at radius 2 is 1.68 bits per heavy atom. The van der Waals surface area contributed by atoms with Crippen LogP contribution in [-0.4, -0.2) is 21.8 Å². The molecule has 1 aromatic rings. The van der Waals surface area contributed by atoms with Crippen molar-refractivity contribution in [1.29, 1.82) is 0 Å².